The Morgan fingerprint density at radius 3 is 2.58 bits per heavy atom. The van der Waals surface area contributed by atoms with E-state index >= 15 is 0 Å². The summed E-state index contributed by atoms with van der Waals surface area (Å²) in [5.74, 6) is 1.11. The number of hydrogen-bond donors (Lipinski definition) is 1. The maximum Gasteiger partial charge on any atom is 0.193 e. The Morgan fingerprint density at radius 2 is 1.84 bits per heavy atom. The monoisotopic (exact) mass is 427 g/mol. The minimum absolute atomic E-state index is 0.388. The average molecular weight is 428 g/mol. The Bertz CT molecular complexity index is 680. The van der Waals surface area contributed by atoms with Gasteiger partial charge in [-0.05, 0) is 44.7 Å². The summed E-state index contributed by atoms with van der Waals surface area (Å²) in [5, 5.41) is 3.52. The number of aliphatic imine (C=N–C) groups is 1. The van der Waals surface area contributed by atoms with Gasteiger partial charge >= 0.3 is 0 Å². The van der Waals surface area contributed by atoms with Gasteiger partial charge in [0, 0.05) is 70.9 Å². The van der Waals surface area contributed by atoms with E-state index in [1.54, 1.807) is 0 Å². The Balaban J connectivity index is 1.13. The summed E-state index contributed by atoms with van der Waals surface area (Å²) in [6.07, 6.45) is 4.86. The topological polar surface area (TPSA) is 43.3 Å². The standard InChI is InChI=1S/C25H41N5O/c1-2-26-24(30-14-10-25(21-30)11-19-31-22-25)27-12-6-7-13-28-15-17-29(18-16-28)20-23-8-4-3-5-9-23/h3-5,8-9H,2,6-7,10-22H2,1H3,(H,26,27). The molecule has 0 radical (unpaired) electrons. The molecule has 1 N–H and O–H groups in total. The highest BCUT2D eigenvalue weighted by Crippen LogP contribution is 2.38. The summed E-state index contributed by atoms with van der Waals surface area (Å²) in [6, 6.07) is 10.8. The summed E-state index contributed by atoms with van der Waals surface area (Å²) in [7, 11) is 0. The molecule has 4 rings (SSSR count). The number of benzene rings is 1. The largest absolute Gasteiger partial charge is 0.381 e. The number of unbranched alkanes of at least 4 members (excludes halogenated alkanes) is 1. The average Bonchev–Trinajstić information content (AvgIpc) is 3.44. The second-order valence-corrected chi connectivity index (χ2v) is 9.52. The van der Waals surface area contributed by atoms with Crippen molar-refractivity contribution < 1.29 is 4.74 Å². The molecule has 0 amide bonds. The Hall–Kier alpha value is -1.63. The number of piperazine rings is 1. The molecule has 1 aromatic rings. The van der Waals surface area contributed by atoms with Gasteiger partial charge in [0.15, 0.2) is 5.96 Å². The van der Waals surface area contributed by atoms with E-state index in [0.29, 0.717) is 5.41 Å². The van der Waals surface area contributed by atoms with E-state index in [4.69, 9.17) is 9.73 Å². The zero-order chi connectivity index (χ0) is 21.4. The lowest BCUT2D eigenvalue weighted by Gasteiger charge is -2.34. The molecule has 6 heteroatoms. The van der Waals surface area contributed by atoms with Crippen molar-refractivity contribution in [3.63, 3.8) is 0 Å². The lowest BCUT2D eigenvalue weighted by molar-refractivity contribution is 0.126. The van der Waals surface area contributed by atoms with Crippen molar-refractivity contribution in [1.82, 2.24) is 20.0 Å². The van der Waals surface area contributed by atoms with E-state index in [2.05, 4.69) is 57.3 Å². The lowest BCUT2D eigenvalue weighted by Crippen LogP contribution is -2.46. The molecule has 0 saturated carbocycles. The number of likely N-dealkylation sites (tertiary alicyclic amines) is 1. The van der Waals surface area contributed by atoms with Crippen LogP contribution in [0.4, 0.5) is 0 Å². The van der Waals surface area contributed by atoms with Crippen LogP contribution in [0, 0.1) is 5.41 Å². The van der Waals surface area contributed by atoms with Crippen LogP contribution in [0.15, 0.2) is 35.3 Å². The zero-order valence-corrected chi connectivity index (χ0v) is 19.4. The first-order chi connectivity index (χ1) is 15.3. The van der Waals surface area contributed by atoms with Crippen molar-refractivity contribution in [2.45, 2.75) is 39.2 Å². The quantitative estimate of drug-likeness (QED) is 0.393. The highest BCUT2D eigenvalue weighted by atomic mass is 16.5. The fourth-order valence-corrected chi connectivity index (χ4v) is 5.16. The van der Waals surface area contributed by atoms with Crippen LogP contribution in [0.2, 0.25) is 0 Å². The van der Waals surface area contributed by atoms with Crippen LogP contribution in [0.1, 0.15) is 38.2 Å². The zero-order valence-electron chi connectivity index (χ0n) is 19.4. The maximum absolute atomic E-state index is 5.68. The van der Waals surface area contributed by atoms with E-state index in [9.17, 15) is 0 Å². The molecule has 6 nitrogen and oxygen atoms in total. The van der Waals surface area contributed by atoms with Crippen LogP contribution in [0.25, 0.3) is 0 Å². The number of ether oxygens (including phenoxy) is 1. The lowest BCUT2D eigenvalue weighted by atomic mass is 9.87. The highest BCUT2D eigenvalue weighted by molar-refractivity contribution is 5.80. The molecule has 1 unspecified atom stereocenters. The first kappa shape index (κ1) is 22.6. The van der Waals surface area contributed by atoms with E-state index < -0.39 is 0 Å². The summed E-state index contributed by atoms with van der Waals surface area (Å²) in [6.45, 7) is 15.1. The molecule has 3 aliphatic heterocycles. The molecule has 1 aromatic carbocycles. The van der Waals surface area contributed by atoms with Gasteiger partial charge in [-0.3, -0.25) is 9.89 Å². The fourth-order valence-electron chi connectivity index (χ4n) is 5.16. The van der Waals surface area contributed by atoms with Crippen LogP contribution < -0.4 is 5.32 Å². The van der Waals surface area contributed by atoms with E-state index in [1.165, 1.54) is 64.0 Å². The normalized spacial score (nSPS) is 25.6. The number of nitrogens with zero attached hydrogens (tertiary/aromatic N) is 4. The van der Waals surface area contributed by atoms with Gasteiger partial charge in [-0.25, -0.2) is 0 Å². The van der Waals surface area contributed by atoms with Crippen LogP contribution in [0.5, 0.6) is 0 Å². The fraction of sp³-hybridized carbons (Fsp3) is 0.720. The molecule has 3 saturated heterocycles. The molecular weight excluding hydrogens is 386 g/mol. The molecule has 31 heavy (non-hydrogen) atoms. The van der Waals surface area contributed by atoms with Gasteiger partial charge in [0.1, 0.15) is 0 Å². The van der Waals surface area contributed by atoms with Crippen molar-refractivity contribution in [2.24, 2.45) is 10.4 Å². The van der Waals surface area contributed by atoms with Gasteiger partial charge in [0.2, 0.25) is 0 Å². The summed E-state index contributed by atoms with van der Waals surface area (Å²) < 4.78 is 5.68. The van der Waals surface area contributed by atoms with Gasteiger partial charge in [0.25, 0.3) is 0 Å². The molecule has 3 aliphatic rings. The smallest absolute Gasteiger partial charge is 0.193 e. The minimum Gasteiger partial charge on any atom is -0.381 e. The first-order valence-corrected chi connectivity index (χ1v) is 12.4. The Morgan fingerprint density at radius 1 is 1.03 bits per heavy atom. The molecule has 3 fully saturated rings. The third-order valence-electron chi connectivity index (χ3n) is 7.12. The van der Waals surface area contributed by atoms with Crippen molar-refractivity contribution in [1.29, 1.82) is 0 Å². The van der Waals surface area contributed by atoms with Crippen LogP contribution >= 0.6 is 0 Å². The molecule has 0 aliphatic carbocycles. The van der Waals surface area contributed by atoms with Crippen LogP contribution in [0.3, 0.4) is 0 Å². The predicted molar refractivity (Wildman–Crippen MR) is 127 cm³/mol. The van der Waals surface area contributed by atoms with E-state index in [-0.39, 0.29) is 0 Å². The van der Waals surface area contributed by atoms with Crippen molar-refractivity contribution in [3.8, 4) is 0 Å². The maximum atomic E-state index is 5.68. The molecule has 1 spiro atoms. The minimum atomic E-state index is 0.388. The third kappa shape index (κ3) is 6.43. The predicted octanol–water partition coefficient (Wildman–Crippen LogP) is 2.66. The number of hydrogen-bond acceptors (Lipinski definition) is 4. The second-order valence-electron chi connectivity index (χ2n) is 9.52. The van der Waals surface area contributed by atoms with Crippen molar-refractivity contribution in [3.05, 3.63) is 35.9 Å². The van der Waals surface area contributed by atoms with Crippen molar-refractivity contribution >= 4 is 5.96 Å². The summed E-state index contributed by atoms with van der Waals surface area (Å²) in [4.78, 5) is 12.6. The van der Waals surface area contributed by atoms with Gasteiger partial charge < -0.3 is 19.9 Å². The SMILES string of the molecule is CCNC(=NCCCCN1CCN(Cc2ccccc2)CC1)N1CCC2(CCOC2)C1. The number of guanidine groups is 1. The highest BCUT2D eigenvalue weighted by Gasteiger charge is 2.42. The molecule has 3 heterocycles. The Labute approximate surface area is 188 Å². The van der Waals surface area contributed by atoms with Gasteiger partial charge in [-0.15, -0.1) is 0 Å². The van der Waals surface area contributed by atoms with Crippen molar-refractivity contribution in [2.75, 3.05) is 72.1 Å². The van der Waals surface area contributed by atoms with Gasteiger partial charge in [-0.2, -0.15) is 0 Å². The molecule has 172 valence electrons. The summed E-state index contributed by atoms with van der Waals surface area (Å²) >= 11 is 0. The Kier molecular flexibility index (Phi) is 8.22. The molecular formula is C25H41N5O. The van der Waals surface area contributed by atoms with Crippen LogP contribution in [-0.4, -0.2) is 92.8 Å². The molecule has 0 aromatic heterocycles. The number of rotatable bonds is 8. The van der Waals surface area contributed by atoms with Gasteiger partial charge in [-0.1, -0.05) is 30.3 Å². The van der Waals surface area contributed by atoms with E-state index in [0.717, 1.165) is 51.9 Å². The van der Waals surface area contributed by atoms with E-state index in [1.807, 2.05) is 0 Å². The molecule has 0 bridgehead atoms. The second kappa shape index (κ2) is 11.3. The number of nitrogens with one attached hydrogen (secondary N) is 1. The summed E-state index contributed by atoms with van der Waals surface area (Å²) in [5.41, 5.74) is 1.81. The van der Waals surface area contributed by atoms with Crippen LogP contribution in [-0.2, 0) is 11.3 Å². The third-order valence-corrected chi connectivity index (χ3v) is 7.12. The first-order valence-electron chi connectivity index (χ1n) is 12.4. The van der Waals surface area contributed by atoms with Gasteiger partial charge in [0.05, 0.1) is 6.61 Å². The molecule has 1 atom stereocenters.